The van der Waals surface area contributed by atoms with Gasteiger partial charge in [0.2, 0.25) is 0 Å². The maximum atomic E-state index is 11.8. The van der Waals surface area contributed by atoms with Gasteiger partial charge in [-0.3, -0.25) is 4.98 Å². The summed E-state index contributed by atoms with van der Waals surface area (Å²) in [4.78, 5) is 16.6. The lowest BCUT2D eigenvalue weighted by atomic mass is 9.97. The molecule has 0 unspecified atom stereocenters. The highest BCUT2D eigenvalue weighted by Gasteiger charge is 2.19. The van der Waals surface area contributed by atoms with Crippen LogP contribution in [0.3, 0.4) is 0 Å². The number of aryl methyl sites for hydroxylation is 2. The van der Waals surface area contributed by atoms with E-state index in [2.05, 4.69) is 6.07 Å². The summed E-state index contributed by atoms with van der Waals surface area (Å²) < 4.78 is 6.14. The number of nitrogens with zero attached hydrogens (tertiary/aromatic N) is 1. The van der Waals surface area contributed by atoms with Crippen molar-refractivity contribution in [2.75, 3.05) is 0 Å². The monoisotopic (exact) mass is 415 g/mol. The molecule has 0 radical (unpaired) electrons. The second kappa shape index (κ2) is 9.78. The Bertz CT molecular complexity index is 1040. The topological polar surface area (TPSA) is 59.4 Å². The summed E-state index contributed by atoms with van der Waals surface area (Å²) >= 11 is 0. The fourth-order valence-corrected chi connectivity index (χ4v) is 4.38. The smallest absolute Gasteiger partial charge is 0.337 e. The van der Waals surface area contributed by atoms with Crippen LogP contribution >= 0.6 is 0 Å². The van der Waals surface area contributed by atoms with Crippen molar-refractivity contribution in [2.45, 2.75) is 52.1 Å². The summed E-state index contributed by atoms with van der Waals surface area (Å²) in [7, 11) is 0. The van der Waals surface area contributed by atoms with Crippen LogP contribution in [0.1, 0.15) is 59.3 Å². The van der Waals surface area contributed by atoms with Crippen molar-refractivity contribution in [1.82, 2.24) is 4.98 Å². The van der Waals surface area contributed by atoms with Crippen LogP contribution in [0.4, 0.5) is 0 Å². The molecule has 31 heavy (non-hydrogen) atoms. The van der Waals surface area contributed by atoms with Gasteiger partial charge in [-0.05, 0) is 55.5 Å². The average Bonchev–Trinajstić information content (AvgIpc) is 3.31. The van der Waals surface area contributed by atoms with E-state index in [4.69, 9.17) is 9.72 Å². The molecule has 1 N–H and O–H groups in total. The second-order valence-electron chi connectivity index (χ2n) is 8.46. The first-order valence-electron chi connectivity index (χ1n) is 11.1. The van der Waals surface area contributed by atoms with Crippen molar-refractivity contribution >= 4 is 5.97 Å². The minimum absolute atomic E-state index is 0.307. The van der Waals surface area contributed by atoms with Gasteiger partial charge in [0.05, 0.1) is 17.0 Å². The summed E-state index contributed by atoms with van der Waals surface area (Å²) in [5.41, 5.74) is 4.85. The van der Waals surface area contributed by atoms with E-state index in [0.29, 0.717) is 30.2 Å². The maximum absolute atomic E-state index is 11.8. The van der Waals surface area contributed by atoms with Gasteiger partial charge in [-0.1, -0.05) is 67.6 Å². The van der Waals surface area contributed by atoms with E-state index in [1.807, 2.05) is 49.4 Å². The minimum Gasteiger partial charge on any atom is -0.488 e. The molecular weight excluding hydrogens is 386 g/mol. The normalized spacial score (nSPS) is 14.0. The number of benzene rings is 2. The zero-order valence-electron chi connectivity index (χ0n) is 18.0. The highest BCUT2D eigenvalue weighted by molar-refractivity contribution is 5.89. The Morgan fingerprint density at radius 2 is 1.84 bits per heavy atom. The van der Waals surface area contributed by atoms with Crippen LogP contribution in [0, 0.1) is 12.8 Å². The van der Waals surface area contributed by atoms with Crippen LogP contribution in [-0.2, 0) is 13.0 Å². The molecule has 1 heterocycles. The number of hydrogen-bond donors (Lipinski definition) is 1. The molecule has 4 rings (SSSR count). The SMILES string of the molecule is Cc1ccc(OCc2ccccc2)c(-c2ccc(C(=O)O)c(CCC3CCCC3)n2)c1. The van der Waals surface area contributed by atoms with Crippen molar-refractivity contribution in [3.63, 3.8) is 0 Å². The summed E-state index contributed by atoms with van der Waals surface area (Å²) in [5.74, 6) is 0.535. The van der Waals surface area contributed by atoms with Gasteiger partial charge in [0.25, 0.3) is 0 Å². The third-order valence-electron chi connectivity index (χ3n) is 6.12. The van der Waals surface area contributed by atoms with E-state index in [1.54, 1.807) is 12.1 Å². The van der Waals surface area contributed by atoms with E-state index in [-0.39, 0.29) is 0 Å². The first kappa shape index (κ1) is 21.1. The predicted molar refractivity (Wildman–Crippen MR) is 122 cm³/mol. The van der Waals surface area contributed by atoms with E-state index in [9.17, 15) is 9.90 Å². The van der Waals surface area contributed by atoms with Gasteiger partial charge in [0.1, 0.15) is 12.4 Å². The molecule has 1 aliphatic rings. The van der Waals surface area contributed by atoms with Gasteiger partial charge >= 0.3 is 5.97 Å². The quantitative estimate of drug-likeness (QED) is 0.459. The third kappa shape index (κ3) is 5.32. The third-order valence-corrected chi connectivity index (χ3v) is 6.12. The van der Waals surface area contributed by atoms with Crippen molar-refractivity contribution < 1.29 is 14.6 Å². The summed E-state index contributed by atoms with van der Waals surface area (Å²) in [6, 6.07) is 19.6. The van der Waals surface area contributed by atoms with Crippen LogP contribution in [0.15, 0.2) is 60.7 Å². The summed E-state index contributed by atoms with van der Waals surface area (Å²) in [6.45, 7) is 2.51. The zero-order valence-corrected chi connectivity index (χ0v) is 18.0. The summed E-state index contributed by atoms with van der Waals surface area (Å²) in [5, 5.41) is 9.66. The fourth-order valence-electron chi connectivity index (χ4n) is 4.38. The van der Waals surface area contributed by atoms with E-state index in [0.717, 1.165) is 34.6 Å². The van der Waals surface area contributed by atoms with Gasteiger partial charge in [0, 0.05) is 5.56 Å². The molecule has 0 aliphatic heterocycles. The number of aromatic nitrogens is 1. The first-order chi connectivity index (χ1) is 15.1. The molecule has 4 heteroatoms. The van der Waals surface area contributed by atoms with Crippen molar-refractivity contribution in [2.24, 2.45) is 5.92 Å². The van der Waals surface area contributed by atoms with Crippen molar-refractivity contribution in [3.05, 3.63) is 83.0 Å². The zero-order chi connectivity index (χ0) is 21.6. The Hall–Kier alpha value is -3.14. The molecule has 3 aromatic rings. The largest absolute Gasteiger partial charge is 0.488 e. The number of carboxylic acids is 1. The number of carboxylic acid groups (broad SMARTS) is 1. The molecule has 0 bridgehead atoms. The molecular formula is C27H29NO3. The van der Waals surface area contributed by atoms with Crippen molar-refractivity contribution in [1.29, 1.82) is 0 Å². The van der Waals surface area contributed by atoms with E-state index < -0.39 is 5.97 Å². The van der Waals surface area contributed by atoms with E-state index in [1.165, 1.54) is 25.7 Å². The molecule has 0 saturated heterocycles. The second-order valence-corrected chi connectivity index (χ2v) is 8.46. The Balaban J connectivity index is 1.62. The molecule has 2 aromatic carbocycles. The molecule has 1 aromatic heterocycles. The molecule has 0 amide bonds. The number of pyridine rings is 1. The van der Waals surface area contributed by atoms with Crippen LogP contribution in [0.2, 0.25) is 0 Å². The van der Waals surface area contributed by atoms with Crippen molar-refractivity contribution in [3.8, 4) is 17.0 Å². The van der Waals surface area contributed by atoms with Gasteiger partial charge in [-0.25, -0.2) is 4.79 Å². The molecule has 1 saturated carbocycles. The maximum Gasteiger partial charge on any atom is 0.337 e. The molecule has 4 nitrogen and oxygen atoms in total. The van der Waals surface area contributed by atoms with Gasteiger partial charge in [-0.2, -0.15) is 0 Å². The Morgan fingerprint density at radius 3 is 2.58 bits per heavy atom. The molecule has 1 fully saturated rings. The lowest BCUT2D eigenvalue weighted by molar-refractivity contribution is 0.0695. The Labute approximate surface area is 183 Å². The van der Waals surface area contributed by atoms with Gasteiger partial charge < -0.3 is 9.84 Å². The minimum atomic E-state index is -0.912. The Kier molecular flexibility index (Phi) is 6.66. The average molecular weight is 416 g/mol. The number of rotatable bonds is 8. The highest BCUT2D eigenvalue weighted by Crippen LogP contribution is 2.33. The first-order valence-corrected chi connectivity index (χ1v) is 11.1. The van der Waals surface area contributed by atoms with Gasteiger partial charge in [0.15, 0.2) is 0 Å². The molecule has 1 aliphatic carbocycles. The highest BCUT2D eigenvalue weighted by atomic mass is 16.5. The fraction of sp³-hybridized carbons (Fsp3) is 0.333. The number of aromatic carboxylic acids is 1. The predicted octanol–water partition coefficient (Wildman–Crippen LogP) is 6.46. The number of ether oxygens (including phenoxy) is 1. The number of carbonyl (C=O) groups is 1. The van der Waals surface area contributed by atoms with E-state index >= 15 is 0 Å². The molecule has 0 atom stereocenters. The Morgan fingerprint density at radius 1 is 1.06 bits per heavy atom. The summed E-state index contributed by atoms with van der Waals surface area (Å²) in [6.07, 6.45) is 6.77. The van der Waals surface area contributed by atoms with Crippen LogP contribution < -0.4 is 4.74 Å². The molecule has 0 spiro atoms. The number of hydrogen-bond acceptors (Lipinski definition) is 3. The lowest BCUT2D eigenvalue weighted by Gasteiger charge is -2.15. The van der Waals surface area contributed by atoms with Crippen LogP contribution in [0.5, 0.6) is 5.75 Å². The standard InChI is InChI=1S/C27H29NO3/c1-19-11-16-26(31-18-21-9-3-2-4-10-21)23(17-19)25-15-13-22(27(29)30)24(28-25)14-12-20-7-5-6-8-20/h2-4,9-11,13,15-17,20H,5-8,12,14,18H2,1H3,(H,29,30). The van der Waals surface area contributed by atoms with Gasteiger partial charge in [-0.15, -0.1) is 0 Å². The lowest BCUT2D eigenvalue weighted by Crippen LogP contribution is -2.08. The van der Waals surface area contributed by atoms with Crippen LogP contribution in [0.25, 0.3) is 11.3 Å². The van der Waals surface area contributed by atoms with Crippen LogP contribution in [-0.4, -0.2) is 16.1 Å². The molecule has 160 valence electrons.